The van der Waals surface area contributed by atoms with Gasteiger partial charge in [0, 0.05) is 38.3 Å². The quantitative estimate of drug-likeness (QED) is 0.681. The lowest BCUT2D eigenvalue weighted by Gasteiger charge is -2.24. The Morgan fingerprint density at radius 1 is 0.935 bits per heavy atom. The monoisotopic (exact) mass is 423 g/mol. The molecule has 0 radical (unpaired) electrons. The van der Waals surface area contributed by atoms with Crippen molar-refractivity contribution in [2.45, 2.75) is 19.3 Å². The van der Waals surface area contributed by atoms with Crippen LogP contribution >= 0.6 is 0 Å². The van der Waals surface area contributed by atoms with Gasteiger partial charge in [0.2, 0.25) is 11.7 Å². The predicted molar refractivity (Wildman–Crippen MR) is 119 cm³/mol. The van der Waals surface area contributed by atoms with Crippen molar-refractivity contribution in [2.75, 3.05) is 52.4 Å². The van der Waals surface area contributed by atoms with E-state index in [0.717, 1.165) is 37.3 Å². The fourth-order valence-corrected chi connectivity index (χ4v) is 3.93. The van der Waals surface area contributed by atoms with E-state index >= 15 is 0 Å². The van der Waals surface area contributed by atoms with Crippen LogP contribution in [0.2, 0.25) is 0 Å². The summed E-state index contributed by atoms with van der Waals surface area (Å²) in [6.45, 7) is 3.09. The molecule has 1 heterocycles. The summed E-state index contributed by atoms with van der Waals surface area (Å²) < 4.78 is 16.3. The fourth-order valence-electron chi connectivity index (χ4n) is 3.93. The van der Waals surface area contributed by atoms with Crippen molar-refractivity contribution in [3.8, 4) is 23.3 Å². The number of carbonyl (C=O) groups excluding carboxylic acids is 1. The zero-order valence-corrected chi connectivity index (χ0v) is 18.4. The molecule has 0 aromatic heterocycles. The van der Waals surface area contributed by atoms with Crippen molar-refractivity contribution in [1.82, 2.24) is 4.90 Å². The Morgan fingerprint density at radius 2 is 1.68 bits per heavy atom. The average Bonchev–Trinajstić information content (AvgIpc) is 3.08. The lowest BCUT2D eigenvalue weighted by atomic mass is 10.1. The molecule has 1 aliphatic rings. The van der Waals surface area contributed by atoms with Crippen LogP contribution in [0.1, 0.15) is 24.0 Å². The highest BCUT2D eigenvalue weighted by molar-refractivity contribution is 5.77. The lowest BCUT2D eigenvalue weighted by molar-refractivity contribution is -0.130. The molecule has 164 valence electrons. The van der Waals surface area contributed by atoms with Crippen molar-refractivity contribution in [1.29, 1.82) is 5.26 Å². The van der Waals surface area contributed by atoms with Crippen LogP contribution in [0, 0.1) is 11.3 Å². The van der Waals surface area contributed by atoms with Crippen molar-refractivity contribution in [3.05, 3.63) is 47.5 Å². The third kappa shape index (κ3) is 5.21. The second-order valence-corrected chi connectivity index (χ2v) is 7.37. The number of ether oxygens (including phenoxy) is 3. The standard InChI is InChI=1S/C24H29N3O4/c1-29-21-11-7-19(23(30-2)24(21)31-3)8-12-22(28)27-14-4-13-26(15-16-27)20-9-5-18(17-25)6-10-20/h5-7,9-11H,4,8,12-16H2,1-3H3. The molecule has 7 nitrogen and oxygen atoms in total. The van der Waals surface area contributed by atoms with E-state index in [1.54, 1.807) is 21.3 Å². The van der Waals surface area contributed by atoms with Crippen LogP contribution in [0.4, 0.5) is 5.69 Å². The molecule has 3 rings (SSSR count). The molecule has 0 bridgehead atoms. The van der Waals surface area contributed by atoms with Gasteiger partial charge in [-0.25, -0.2) is 0 Å². The summed E-state index contributed by atoms with van der Waals surface area (Å²) in [6.07, 6.45) is 1.88. The number of hydrogen-bond donors (Lipinski definition) is 0. The average molecular weight is 424 g/mol. The van der Waals surface area contributed by atoms with E-state index in [1.807, 2.05) is 41.3 Å². The fraction of sp³-hybridized carbons (Fsp3) is 0.417. The zero-order valence-electron chi connectivity index (χ0n) is 18.4. The van der Waals surface area contributed by atoms with Gasteiger partial charge in [-0.15, -0.1) is 0 Å². The molecule has 1 fully saturated rings. The van der Waals surface area contributed by atoms with E-state index in [1.165, 1.54) is 0 Å². The highest BCUT2D eigenvalue weighted by atomic mass is 16.5. The number of nitrogens with zero attached hydrogens (tertiary/aromatic N) is 3. The number of nitriles is 1. The van der Waals surface area contributed by atoms with Crippen LogP contribution < -0.4 is 19.1 Å². The molecule has 1 amide bonds. The predicted octanol–water partition coefficient (Wildman–Crippen LogP) is 3.26. The van der Waals surface area contributed by atoms with Gasteiger partial charge in [0.1, 0.15) is 0 Å². The minimum atomic E-state index is 0.138. The van der Waals surface area contributed by atoms with Gasteiger partial charge < -0.3 is 24.0 Å². The Hall–Kier alpha value is -3.40. The number of aryl methyl sites for hydroxylation is 1. The first-order valence-electron chi connectivity index (χ1n) is 10.4. The Bertz CT molecular complexity index is 937. The highest BCUT2D eigenvalue weighted by Crippen LogP contribution is 2.40. The van der Waals surface area contributed by atoms with E-state index in [9.17, 15) is 4.79 Å². The number of anilines is 1. The maximum Gasteiger partial charge on any atom is 0.222 e. The van der Waals surface area contributed by atoms with Gasteiger partial charge in [-0.3, -0.25) is 4.79 Å². The maximum atomic E-state index is 12.9. The van der Waals surface area contributed by atoms with Gasteiger partial charge in [0.05, 0.1) is 33.0 Å². The number of methoxy groups -OCH3 is 3. The SMILES string of the molecule is COc1ccc(CCC(=O)N2CCCN(c3ccc(C#N)cc3)CC2)c(OC)c1OC. The van der Waals surface area contributed by atoms with Crippen LogP contribution in [0.25, 0.3) is 0 Å². The van der Waals surface area contributed by atoms with Crippen LogP contribution in [0.3, 0.4) is 0 Å². The third-order valence-electron chi connectivity index (χ3n) is 5.60. The Balaban J connectivity index is 1.61. The van der Waals surface area contributed by atoms with Gasteiger partial charge >= 0.3 is 0 Å². The number of rotatable bonds is 7. The number of benzene rings is 2. The van der Waals surface area contributed by atoms with Crippen LogP contribution in [0.15, 0.2) is 36.4 Å². The molecule has 31 heavy (non-hydrogen) atoms. The van der Waals surface area contributed by atoms with Gasteiger partial charge in [-0.05, 0) is 48.7 Å². The second kappa shape index (κ2) is 10.6. The molecular weight excluding hydrogens is 394 g/mol. The Kier molecular flexibility index (Phi) is 7.60. The van der Waals surface area contributed by atoms with Crippen molar-refractivity contribution in [3.63, 3.8) is 0 Å². The first-order chi connectivity index (χ1) is 15.1. The molecule has 0 spiro atoms. The largest absolute Gasteiger partial charge is 0.493 e. The zero-order chi connectivity index (χ0) is 22.2. The topological polar surface area (TPSA) is 75.0 Å². The van der Waals surface area contributed by atoms with Crippen molar-refractivity contribution in [2.24, 2.45) is 0 Å². The summed E-state index contributed by atoms with van der Waals surface area (Å²) in [7, 11) is 4.75. The summed E-state index contributed by atoms with van der Waals surface area (Å²) in [5, 5.41) is 8.97. The van der Waals surface area contributed by atoms with Gasteiger partial charge in [-0.1, -0.05) is 6.07 Å². The Labute approximate surface area is 183 Å². The first-order valence-corrected chi connectivity index (χ1v) is 10.4. The molecule has 0 saturated carbocycles. The van der Waals surface area contributed by atoms with E-state index in [2.05, 4.69) is 11.0 Å². The summed E-state index contributed by atoms with van der Waals surface area (Å²) in [5.41, 5.74) is 2.66. The van der Waals surface area contributed by atoms with Gasteiger partial charge in [0.25, 0.3) is 0 Å². The first kappa shape index (κ1) is 22.3. The van der Waals surface area contributed by atoms with E-state index in [4.69, 9.17) is 19.5 Å². The molecule has 2 aromatic rings. The van der Waals surface area contributed by atoms with Crippen LogP contribution in [-0.4, -0.2) is 58.3 Å². The number of carbonyl (C=O) groups is 1. The number of amides is 1. The smallest absolute Gasteiger partial charge is 0.222 e. The summed E-state index contributed by atoms with van der Waals surface area (Å²) in [4.78, 5) is 17.1. The molecule has 2 aromatic carbocycles. The second-order valence-electron chi connectivity index (χ2n) is 7.37. The normalized spacial score (nSPS) is 13.9. The van der Waals surface area contributed by atoms with Gasteiger partial charge in [0.15, 0.2) is 11.5 Å². The minimum absolute atomic E-state index is 0.138. The number of hydrogen-bond acceptors (Lipinski definition) is 6. The molecule has 7 heteroatoms. The molecule has 0 aliphatic carbocycles. The molecule has 1 saturated heterocycles. The molecular formula is C24H29N3O4. The van der Waals surface area contributed by atoms with Crippen LogP contribution in [0.5, 0.6) is 17.2 Å². The summed E-state index contributed by atoms with van der Waals surface area (Å²) >= 11 is 0. The van der Waals surface area contributed by atoms with Gasteiger partial charge in [-0.2, -0.15) is 5.26 Å². The molecule has 0 unspecified atom stereocenters. The highest BCUT2D eigenvalue weighted by Gasteiger charge is 2.21. The lowest BCUT2D eigenvalue weighted by Crippen LogP contribution is -2.35. The molecule has 0 N–H and O–H groups in total. The van der Waals surface area contributed by atoms with Crippen LogP contribution in [-0.2, 0) is 11.2 Å². The van der Waals surface area contributed by atoms with E-state index in [0.29, 0.717) is 42.2 Å². The van der Waals surface area contributed by atoms with E-state index < -0.39 is 0 Å². The Morgan fingerprint density at radius 3 is 2.32 bits per heavy atom. The van der Waals surface area contributed by atoms with Crippen molar-refractivity contribution >= 4 is 11.6 Å². The molecule has 1 aliphatic heterocycles. The molecule has 0 atom stereocenters. The summed E-state index contributed by atoms with van der Waals surface area (Å²) in [5.74, 6) is 1.89. The minimum Gasteiger partial charge on any atom is -0.493 e. The van der Waals surface area contributed by atoms with E-state index in [-0.39, 0.29) is 5.91 Å². The van der Waals surface area contributed by atoms with Crippen molar-refractivity contribution < 1.29 is 19.0 Å². The summed E-state index contributed by atoms with van der Waals surface area (Å²) in [6, 6.07) is 13.5. The maximum absolute atomic E-state index is 12.9. The third-order valence-corrected chi connectivity index (χ3v) is 5.60.